The molecule has 1 heterocycles. The molecule has 0 atom stereocenters. The maximum Gasteiger partial charge on any atom is 0.288 e. The highest BCUT2D eigenvalue weighted by Crippen LogP contribution is 2.34. The summed E-state index contributed by atoms with van der Waals surface area (Å²) in [5, 5.41) is 26.1. The summed E-state index contributed by atoms with van der Waals surface area (Å²) in [7, 11) is 0. The van der Waals surface area contributed by atoms with Crippen LogP contribution in [-0.2, 0) is 0 Å². The second-order valence-corrected chi connectivity index (χ2v) is 8.38. The van der Waals surface area contributed by atoms with Crippen LogP contribution in [0, 0.1) is 42.2 Å². The predicted molar refractivity (Wildman–Crippen MR) is 124 cm³/mol. The summed E-state index contributed by atoms with van der Waals surface area (Å²) in [6.07, 6.45) is 0. The molecule has 0 bridgehead atoms. The fourth-order valence-corrected chi connectivity index (χ4v) is 4.22. The van der Waals surface area contributed by atoms with Crippen molar-refractivity contribution in [3.05, 3.63) is 84.2 Å². The van der Waals surface area contributed by atoms with Gasteiger partial charge < -0.3 is 10.6 Å². The molecule has 0 spiro atoms. The number of carbonyl (C=O) groups excluding carboxylic acids is 2. The van der Waals surface area contributed by atoms with E-state index in [9.17, 15) is 25.0 Å². The molecule has 2 amide bonds. The molecule has 32 heavy (non-hydrogen) atoms. The Morgan fingerprint density at radius 3 is 2.47 bits per heavy atom. The summed E-state index contributed by atoms with van der Waals surface area (Å²) in [6, 6.07) is 11.2. The number of benzene rings is 2. The number of anilines is 2. The molecular formula is C22H17ClN4O4S. The molecule has 0 saturated heterocycles. The van der Waals surface area contributed by atoms with Gasteiger partial charge in [0.2, 0.25) is 0 Å². The molecule has 1 aromatic heterocycles. The molecular weight excluding hydrogens is 452 g/mol. The predicted octanol–water partition coefficient (Wildman–Crippen LogP) is 5.61. The summed E-state index contributed by atoms with van der Waals surface area (Å²) < 4.78 is 0. The summed E-state index contributed by atoms with van der Waals surface area (Å²) in [4.78, 5) is 36.2. The minimum absolute atomic E-state index is 0.00238. The number of amides is 2. The average molecular weight is 469 g/mol. The molecule has 0 aliphatic rings. The maximum atomic E-state index is 12.9. The van der Waals surface area contributed by atoms with Gasteiger partial charge in [0, 0.05) is 17.3 Å². The lowest BCUT2D eigenvalue weighted by atomic mass is 10.1. The third-order valence-corrected chi connectivity index (χ3v) is 6.48. The highest BCUT2D eigenvalue weighted by Gasteiger charge is 2.23. The van der Waals surface area contributed by atoms with Gasteiger partial charge in [0.05, 0.1) is 15.4 Å². The van der Waals surface area contributed by atoms with E-state index in [1.165, 1.54) is 12.1 Å². The van der Waals surface area contributed by atoms with Crippen LogP contribution in [-0.4, -0.2) is 16.7 Å². The van der Waals surface area contributed by atoms with Gasteiger partial charge in [0.1, 0.15) is 16.1 Å². The Hall–Kier alpha value is -3.74. The Morgan fingerprint density at radius 2 is 1.81 bits per heavy atom. The number of aryl methyl sites for hydroxylation is 1. The molecule has 0 fully saturated rings. The first-order chi connectivity index (χ1) is 15.1. The van der Waals surface area contributed by atoms with E-state index in [4.69, 9.17) is 11.6 Å². The minimum atomic E-state index is -0.690. The number of nitriles is 1. The van der Waals surface area contributed by atoms with E-state index in [0.717, 1.165) is 28.5 Å². The van der Waals surface area contributed by atoms with Gasteiger partial charge in [-0.05, 0) is 55.7 Å². The first-order valence-electron chi connectivity index (χ1n) is 9.30. The fraction of sp³-hybridized carbons (Fsp3) is 0.136. The van der Waals surface area contributed by atoms with Crippen molar-refractivity contribution >= 4 is 51.1 Å². The smallest absolute Gasteiger partial charge is 0.288 e. The van der Waals surface area contributed by atoms with E-state index >= 15 is 0 Å². The standard InChI is InChI=1S/C22H17ClN4O4S/c1-11-5-4-6-17(12(11)2)25-21(29)19-13(3)15(10-24)22(32-19)26-20(28)14-7-8-16(23)18(9-14)27(30)31/h4-9H,1-3H3,(H,25,29)(H,26,28). The molecule has 0 aliphatic carbocycles. The van der Waals surface area contributed by atoms with E-state index in [0.29, 0.717) is 11.3 Å². The lowest BCUT2D eigenvalue weighted by Gasteiger charge is -2.09. The van der Waals surface area contributed by atoms with Crippen LogP contribution < -0.4 is 10.6 Å². The Labute approximate surface area is 192 Å². The lowest BCUT2D eigenvalue weighted by molar-refractivity contribution is -0.384. The molecule has 2 N–H and O–H groups in total. The number of nitro groups is 1. The van der Waals surface area contributed by atoms with Gasteiger partial charge in [-0.2, -0.15) is 5.26 Å². The van der Waals surface area contributed by atoms with Crippen LogP contribution >= 0.6 is 22.9 Å². The molecule has 2 aromatic carbocycles. The fourth-order valence-electron chi connectivity index (χ4n) is 2.99. The number of hydrogen-bond acceptors (Lipinski definition) is 6. The summed E-state index contributed by atoms with van der Waals surface area (Å²) in [5.41, 5.74) is 2.77. The van der Waals surface area contributed by atoms with E-state index < -0.39 is 22.4 Å². The van der Waals surface area contributed by atoms with Crippen LogP contribution in [0.5, 0.6) is 0 Å². The molecule has 8 nitrogen and oxygen atoms in total. The van der Waals surface area contributed by atoms with E-state index in [2.05, 4.69) is 10.6 Å². The molecule has 3 aromatic rings. The first-order valence-corrected chi connectivity index (χ1v) is 10.5. The maximum absolute atomic E-state index is 12.9. The van der Waals surface area contributed by atoms with Crippen molar-refractivity contribution in [2.45, 2.75) is 20.8 Å². The van der Waals surface area contributed by atoms with Gasteiger partial charge in [-0.1, -0.05) is 23.7 Å². The minimum Gasteiger partial charge on any atom is -0.321 e. The quantitative estimate of drug-likeness (QED) is 0.371. The molecule has 10 heteroatoms. The van der Waals surface area contributed by atoms with Crippen LogP contribution in [0.3, 0.4) is 0 Å². The zero-order valence-electron chi connectivity index (χ0n) is 17.3. The van der Waals surface area contributed by atoms with Crippen molar-refractivity contribution in [2.75, 3.05) is 10.6 Å². The number of hydrogen-bond donors (Lipinski definition) is 2. The topological polar surface area (TPSA) is 125 Å². The Balaban J connectivity index is 1.90. The van der Waals surface area contributed by atoms with Crippen molar-refractivity contribution in [2.24, 2.45) is 0 Å². The number of rotatable bonds is 5. The number of thiophene rings is 1. The van der Waals surface area contributed by atoms with Crippen LogP contribution in [0.4, 0.5) is 16.4 Å². The number of halogens is 1. The lowest BCUT2D eigenvalue weighted by Crippen LogP contribution is -2.12. The largest absolute Gasteiger partial charge is 0.321 e. The van der Waals surface area contributed by atoms with E-state index in [1.807, 2.05) is 32.0 Å². The number of carbonyl (C=O) groups is 2. The van der Waals surface area contributed by atoms with Crippen LogP contribution in [0.25, 0.3) is 0 Å². The van der Waals surface area contributed by atoms with Gasteiger partial charge in [-0.25, -0.2) is 0 Å². The molecule has 0 aliphatic heterocycles. The third-order valence-electron chi connectivity index (χ3n) is 4.95. The van der Waals surface area contributed by atoms with Gasteiger partial charge in [-0.15, -0.1) is 11.3 Å². The Kier molecular flexibility index (Phi) is 6.58. The Morgan fingerprint density at radius 1 is 1.09 bits per heavy atom. The van der Waals surface area contributed by atoms with Crippen LogP contribution in [0.1, 0.15) is 42.3 Å². The number of nitro benzene ring substituents is 1. The van der Waals surface area contributed by atoms with E-state index in [1.54, 1.807) is 13.0 Å². The normalized spacial score (nSPS) is 10.3. The highest BCUT2D eigenvalue weighted by molar-refractivity contribution is 7.18. The zero-order chi connectivity index (χ0) is 23.6. The highest BCUT2D eigenvalue weighted by atomic mass is 35.5. The van der Waals surface area contributed by atoms with Crippen molar-refractivity contribution in [1.82, 2.24) is 0 Å². The summed E-state index contributed by atoms with van der Waals surface area (Å²) in [6.45, 7) is 5.45. The van der Waals surface area contributed by atoms with Crippen molar-refractivity contribution in [3.63, 3.8) is 0 Å². The van der Waals surface area contributed by atoms with Gasteiger partial charge in [-0.3, -0.25) is 19.7 Å². The van der Waals surface area contributed by atoms with Gasteiger partial charge in [0.15, 0.2) is 0 Å². The number of nitrogens with zero attached hydrogens (tertiary/aromatic N) is 2. The van der Waals surface area contributed by atoms with Gasteiger partial charge >= 0.3 is 0 Å². The van der Waals surface area contributed by atoms with E-state index in [-0.39, 0.29) is 26.0 Å². The Bertz CT molecular complexity index is 1310. The molecule has 3 rings (SSSR count). The second kappa shape index (κ2) is 9.18. The van der Waals surface area contributed by atoms with Crippen molar-refractivity contribution < 1.29 is 14.5 Å². The monoisotopic (exact) mass is 468 g/mol. The van der Waals surface area contributed by atoms with Crippen molar-refractivity contribution in [3.8, 4) is 6.07 Å². The summed E-state index contributed by atoms with van der Waals surface area (Å²) in [5.74, 6) is -1.07. The average Bonchev–Trinajstić information content (AvgIpc) is 3.06. The van der Waals surface area contributed by atoms with Gasteiger partial charge in [0.25, 0.3) is 17.5 Å². The first kappa shape index (κ1) is 22.9. The molecule has 0 unspecified atom stereocenters. The van der Waals surface area contributed by atoms with Crippen molar-refractivity contribution in [1.29, 1.82) is 5.26 Å². The number of nitrogens with one attached hydrogen (secondary N) is 2. The third kappa shape index (κ3) is 4.46. The zero-order valence-corrected chi connectivity index (χ0v) is 18.9. The molecule has 162 valence electrons. The van der Waals surface area contributed by atoms with Crippen LogP contribution in [0.2, 0.25) is 5.02 Å². The second-order valence-electron chi connectivity index (χ2n) is 6.95. The molecule has 0 saturated carbocycles. The summed E-state index contributed by atoms with van der Waals surface area (Å²) >= 11 is 6.75. The molecule has 0 radical (unpaired) electrons. The SMILES string of the molecule is Cc1cccc(NC(=O)c2sc(NC(=O)c3ccc(Cl)c([N+](=O)[O-])c3)c(C#N)c2C)c1C. The van der Waals surface area contributed by atoms with Crippen LogP contribution in [0.15, 0.2) is 36.4 Å².